The SMILES string of the molecule is CCc1noc(COC(=O)COc2ccc(OCc3ccccc3)cc2)n1. The molecule has 140 valence electrons. The summed E-state index contributed by atoms with van der Waals surface area (Å²) in [5.41, 5.74) is 1.09. The van der Waals surface area contributed by atoms with Gasteiger partial charge in [-0.15, -0.1) is 0 Å². The Labute approximate surface area is 156 Å². The van der Waals surface area contributed by atoms with Crippen LogP contribution in [0.1, 0.15) is 24.2 Å². The van der Waals surface area contributed by atoms with Gasteiger partial charge >= 0.3 is 5.97 Å². The first-order chi connectivity index (χ1) is 13.2. The van der Waals surface area contributed by atoms with E-state index in [1.807, 2.05) is 37.3 Å². The van der Waals surface area contributed by atoms with Gasteiger partial charge in [-0.3, -0.25) is 0 Å². The number of aryl methyl sites for hydroxylation is 1. The van der Waals surface area contributed by atoms with Crippen molar-refractivity contribution in [2.24, 2.45) is 0 Å². The normalized spacial score (nSPS) is 10.4. The van der Waals surface area contributed by atoms with E-state index in [1.54, 1.807) is 24.3 Å². The molecular weight excluding hydrogens is 348 g/mol. The Morgan fingerprint density at radius 1 is 0.963 bits per heavy atom. The van der Waals surface area contributed by atoms with Gasteiger partial charge in [0, 0.05) is 6.42 Å². The molecule has 3 aromatic rings. The standard InChI is InChI=1S/C20H20N2O5/c1-2-18-21-19(27-22-18)13-26-20(23)14-25-17-10-8-16(9-11-17)24-12-15-6-4-3-5-7-15/h3-11H,2,12-14H2,1H3. The zero-order valence-corrected chi connectivity index (χ0v) is 15.0. The molecule has 0 saturated carbocycles. The summed E-state index contributed by atoms with van der Waals surface area (Å²) in [4.78, 5) is 15.8. The van der Waals surface area contributed by atoms with Crippen LogP contribution in [0.25, 0.3) is 0 Å². The van der Waals surface area contributed by atoms with Crippen molar-refractivity contribution in [1.29, 1.82) is 0 Å². The summed E-state index contributed by atoms with van der Waals surface area (Å²) in [6, 6.07) is 16.9. The summed E-state index contributed by atoms with van der Waals surface area (Å²) in [5, 5.41) is 3.73. The molecule has 0 amide bonds. The summed E-state index contributed by atoms with van der Waals surface area (Å²) in [6.45, 7) is 2.12. The predicted octanol–water partition coefficient (Wildman–Crippen LogP) is 3.33. The zero-order chi connectivity index (χ0) is 18.9. The van der Waals surface area contributed by atoms with Gasteiger partial charge in [-0.2, -0.15) is 4.98 Å². The monoisotopic (exact) mass is 368 g/mol. The molecule has 7 nitrogen and oxygen atoms in total. The maximum absolute atomic E-state index is 11.7. The number of aromatic nitrogens is 2. The lowest BCUT2D eigenvalue weighted by molar-refractivity contribution is -0.148. The van der Waals surface area contributed by atoms with Gasteiger partial charge < -0.3 is 18.7 Å². The van der Waals surface area contributed by atoms with E-state index in [9.17, 15) is 4.79 Å². The molecule has 3 rings (SSSR count). The van der Waals surface area contributed by atoms with Gasteiger partial charge in [0.15, 0.2) is 19.0 Å². The summed E-state index contributed by atoms with van der Waals surface area (Å²) >= 11 is 0. The Morgan fingerprint density at radius 2 is 1.67 bits per heavy atom. The molecule has 0 aliphatic heterocycles. The van der Waals surface area contributed by atoms with Gasteiger partial charge in [-0.1, -0.05) is 42.4 Å². The number of ether oxygens (including phenoxy) is 3. The second-order valence-electron chi connectivity index (χ2n) is 5.65. The lowest BCUT2D eigenvalue weighted by atomic mass is 10.2. The lowest BCUT2D eigenvalue weighted by Crippen LogP contribution is -2.14. The molecule has 0 aliphatic rings. The fraction of sp³-hybridized carbons (Fsp3) is 0.250. The number of carbonyl (C=O) groups is 1. The highest BCUT2D eigenvalue weighted by atomic mass is 16.6. The van der Waals surface area contributed by atoms with Crippen LogP contribution in [0, 0.1) is 0 Å². The number of esters is 1. The van der Waals surface area contributed by atoms with E-state index in [2.05, 4.69) is 10.1 Å². The maximum atomic E-state index is 11.7. The number of rotatable bonds is 9. The highest BCUT2D eigenvalue weighted by molar-refractivity contribution is 5.71. The Kier molecular flexibility index (Phi) is 6.40. The van der Waals surface area contributed by atoms with Crippen molar-refractivity contribution in [3.63, 3.8) is 0 Å². The van der Waals surface area contributed by atoms with Crippen LogP contribution in [0.4, 0.5) is 0 Å². The first kappa shape index (κ1) is 18.4. The van der Waals surface area contributed by atoms with E-state index in [4.69, 9.17) is 18.7 Å². The van der Waals surface area contributed by atoms with Crippen molar-refractivity contribution in [1.82, 2.24) is 10.1 Å². The molecule has 0 aliphatic carbocycles. The molecule has 0 bridgehead atoms. The third-order valence-electron chi connectivity index (χ3n) is 3.61. The highest BCUT2D eigenvalue weighted by Crippen LogP contribution is 2.18. The smallest absolute Gasteiger partial charge is 0.344 e. The summed E-state index contributed by atoms with van der Waals surface area (Å²) in [7, 11) is 0. The average molecular weight is 368 g/mol. The van der Waals surface area contributed by atoms with Crippen molar-refractivity contribution in [2.45, 2.75) is 26.6 Å². The van der Waals surface area contributed by atoms with Crippen LogP contribution in [0.3, 0.4) is 0 Å². The van der Waals surface area contributed by atoms with Crippen LogP contribution in [0.5, 0.6) is 11.5 Å². The minimum atomic E-state index is -0.518. The number of hydrogen-bond donors (Lipinski definition) is 0. The Bertz CT molecular complexity index is 846. The van der Waals surface area contributed by atoms with Crippen molar-refractivity contribution >= 4 is 5.97 Å². The Morgan fingerprint density at radius 3 is 2.33 bits per heavy atom. The van der Waals surface area contributed by atoms with Crippen LogP contribution >= 0.6 is 0 Å². The van der Waals surface area contributed by atoms with E-state index < -0.39 is 5.97 Å². The van der Waals surface area contributed by atoms with Crippen molar-refractivity contribution < 1.29 is 23.5 Å². The molecule has 1 aromatic heterocycles. The average Bonchev–Trinajstić information content (AvgIpc) is 3.19. The number of carbonyl (C=O) groups excluding carboxylic acids is 1. The summed E-state index contributed by atoms with van der Waals surface area (Å²) in [6.07, 6.45) is 0.658. The molecule has 0 spiro atoms. The number of benzene rings is 2. The molecule has 0 atom stereocenters. The van der Waals surface area contributed by atoms with Gasteiger partial charge in [0.2, 0.25) is 0 Å². The van der Waals surface area contributed by atoms with Crippen LogP contribution < -0.4 is 9.47 Å². The van der Waals surface area contributed by atoms with E-state index in [0.717, 1.165) is 11.3 Å². The summed E-state index contributed by atoms with van der Waals surface area (Å²) < 4.78 is 21.1. The molecule has 0 radical (unpaired) electrons. The largest absolute Gasteiger partial charge is 0.489 e. The number of hydrogen-bond acceptors (Lipinski definition) is 7. The van der Waals surface area contributed by atoms with Crippen molar-refractivity contribution in [2.75, 3.05) is 6.61 Å². The molecule has 2 aromatic carbocycles. The van der Waals surface area contributed by atoms with Gasteiger partial charge in [0.05, 0.1) is 0 Å². The second kappa shape index (κ2) is 9.38. The maximum Gasteiger partial charge on any atom is 0.344 e. The van der Waals surface area contributed by atoms with Crippen LogP contribution in [0.2, 0.25) is 0 Å². The minimum Gasteiger partial charge on any atom is -0.489 e. The fourth-order valence-electron chi connectivity index (χ4n) is 2.19. The van der Waals surface area contributed by atoms with E-state index in [1.165, 1.54) is 0 Å². The predicted molar refractivity (Wildman–Crippen MR) is 96.2 cm³/mol. The molecular formula is C20H20N2O5. The van der Waals surface area contributed by atoms with Gasteiger partial charge in [-0.25, -0.2) is 4.79 Å². The number of nitrogens with zero attached hydrogens (tertiary/aromatic N) is 2. The van der Waals surface area contributed by atoms with E-state index in [0.29, 0.717) is 24.6 Å². The quantitative estimate of drug-likeness (QED) is 0.536. The second-order valence-corrected chi connectivity index (χ2v) is 5.65. The zero-order valence-electron chi connectivity index (χ0n) is 15.0. The highest BCUT2D eigenvalue weighted by Gasteiger charge is 2.09. The minimum absolute atomic E-state index is 0.0680. The van der Waals surface area contributed by atoms with E-state index in [-0.39, 0.29) is 19.1 Å². The third kappa shape index (κ3) is 5.85. The topological polar surface area (TPSA) is 83.7 Å². The van der Waals surface area contributed by atoms with Gasteiger partial charge in [-0.05, 0) is 29.8 Å². The van der Waals surface area contributed by atoms with Crippen LogP contribution in [0.15, 0.2) is 59.1 Å². The molecule has 1 heterocycles. The van der Waals surface area contributed by atoms with Crippen LogP contribution in [-0.2, 0) is 29.2 Å². The molecule has 0 N–H and O–H groups in total. The lowest BCUT2D eigenvalue weighted by Gasteiger charge is -2.08. The fourth-order valence-corrected chi connectivity index (χ4v) is 2.19. The van der Waals surface area contributed by atoms with Crippen molar-refractivity contribution in [3.05, 3.63) is 71.9 Å². The molecule has 0 fully saturated rings. The molecule has 0 saturated heterocycles. The van der Waals surface area contributed by atoms with E-state index >= 15 is 0 Å². The van der Waals surface area contributed by atoms with Crippen LogP contribution in [-0.4, -0.2) is 22.7 Å². The Hall–Kier alpha value is -3.35. The molecule has 7 heteroatoms. The van der Waals surface area contributed by atoms with Crippen molar-refractivity contribution in [3.8, 4) is 11.5 Å². The molecule has 0 unspecified atom stereocenters. The van der Waals surface area contributed by atoms with Gasteiger partial charge in [0.1, 0.15) is 18.1 Å². The third-order valence-corrected chi connectivity index (χ3v) is 3.61. The summed E-state index contributed by atoms with van der Waals surface area (Å²) in [5.74, 6) is 1.59. The Balaban J connectivity index is 1.39. The van der Waals surface area contributed by atoms with Gasteiger partial charge in [0.25, 0.3) is 5.89 Å². The first-order valence-electron chi connectivity index (χ1n) is 8.59. The molecule has 27 heavy (non-hydrogen) atoms. The first-order valence-corrected chi connectivity index (χ1v) is 8.59.